The second-order valence-corrected chi connectivity index (χ2v) is 4.84. The lowest BCUT2D eigenvalue weighted by atomic mass is 10.1. The third-order valence-corrected chi connectivity index (χ3v) is 2.34. The summed E-state index contributed by atoms with van der Waals surface area (Å²) in [6, 6.07) is 0. The van der Waals surface area contributed by atoms with Gasteiger partial charge in [0.05, 0.1) is 5.60 Å². The molecule has 0 aromatic carbocycles. The van der Waals surface area contributed by atoms with Crippen LogP contribution in [0.2, 0.25) is 0 Å². The molecule has 0 saturated carbocycles. The van der Waals surface area contributed by atoms with E-state index < -0.39 is 0 Å². The molecule has 0 atom stereocenters. The summed E-state index contributed by atoms with van der Waals surface area (Å²) >= 11 is 0. The molecule has 1 fully saturated rings. The van der Waals surface area contributed by atoms with Gasteiger partial charge in [0.2, 0.25) is 5.91 Å². The summed E-state index contributed by atoms with van der Waals surface area (Å²) in [6.07, 6.45) is 3.53. The van der Waals surface area contributed by atoms with E-state index in [-0.39, 0.29) is 18.1 Å². The van der Waals surface area contributed by atoms with Crippen molar-refractivity contribution in [1.82, 2.24) is 4.90 Å². The highest BCUT2D eigenvalue weighted by molar-refractivity contribution is 5.77. The third-order valence-electron chi connectivity index (χ3n) is 2.34. The van der Waals surface area contributed by atoms with Gasteiger partial charge in [-0.15, -0.1) is 0 Å². The molecule has 1 saturated heterocycles. The monoisotopic (exact) mass is 199 g/mol. The standard InChI is InChI=1S/C11H21NO2/c1-11(2,3)14-9-10(13)12-7-5-4-6-8-12/h4-9H2,1-3H3. The quantitative estimate of drug-likeness (QED) is 0.679. The largest absolute Gasteiger partial charge is 0.366 e. The highest BCUT2D eigenvalue weighted by Gasteiger charge is 2.19. The molecule has 0 aliphatic carbocycles. The summed E-state index contributed by atoms with van der Waals surface area (Å²) in [5, 5.41) is 0. The van der Waals surface area contributed by atoms with Crippen LogP contribution in [0.5, 0.6) is 0 Å². The Morgan fingerprint density at radius 1 is 1.21 bits per heavy atom. The Morgan fingerprint density at radius 3 is 2.29 bits per heavy atom. The fourth-order valence-electron chi connectivity index (χ4n) is 1.51. The van der Waals surface area contributed by atoms with Crippen LogP contribution in [0.1, 0.15) is 40.0 Å². The van der Waals surface area contributed by atoms with Crippen molar-refractivity contribution in [1.29, 1.82) is 0 Å². The topological polar surface area (TPSA) is 29.5 Å². The van der Waals surface area contributed by atoms with Gasteiger partial charge in [-0.25, -0.2) is 0 Å². The molecular formula is C11H21NO2. The highest BCUT2D eigenvalue weighted by atomic mass is 16.5. The van der Waals surface area contributed by atoms with Crippen LogP contribution in [0.3, 0.4) is 0 Å². The first-order valence-electron chi connectivity index (χ1n) is 5.41. The lowest BCUT2D eigenvalue weighted by Gasteiger charge is -2.28. The van der Waals surface area contributed by atoms with Gasteiger partial charge in [-0.2, -0.15) is 0 Å². The van der Waals surface area contributed by atoms with Crippen molar-refractivity contribution in [3.63, 3.8) is 0 Å². The molecule has 14 heavy (non-hydrogen) atoms. The zero-order valence-corrected chi connectivity index (χ0v) is 9.51. The average Bonchev–Trinajstić information content (AvgIpc) is 2.14. The molecule has 0 radical (unpaired) electrons. The van der Waals surface area contributed by atoms with E-state index in [2.05, 4.69) is 0 Å². The van der Waals surface area contributed by atoms with E-state index >= 15 is 0 Å². The molecule has 1 aliphatic heterocycles. The Balaban J connectivity index is 2.27. The van der Waals surface area contributed by atoms with Gasteiger partial charge in [-0.05, 0) is 40.0 Å². The van der Waals surface area contributed by atoms with E-state index in [4.69, 9.17) is 4.74 Å². The van der Waals surface area contributed by atoms with Crippen molar-refractivity contribution in [2.75, 3.05) is 19.7 Å². The van der Waals surface area contributed by atoms with E-state index in [1.165, 1.54) is 6.42 Å². The Hall–Kier alpha value is -0.570. The Bertz CT molecular complexity index is 190. The van der Waals surface area contributed by atoms with Gasteiger partial charge in [0.15, 0.2) is 0 Å². The summed E-state index contributed by atoms with van der Waals surface area (Å²) < 4.78 is 5.45. The van der Waals surface area contributed by atoms with E-state index in [0.29, 0.717) is 0 Å². The van der Waals surface area contributed by atoms with E-state index in [9.17, 15) is 4.79 Å². The molecule has 0 unspecified atom stereocenters. The SMILES string of the molecule is CC(C)(C)OCC(=O)N1CCCCC1. The molecule has 1 amide bonds. The number of rotatable bonds is 2. The van der Waals surface area contributed by atoms with Crippen molar-refractivity contribution in [2.45, 2.75) is 45.6 Å². The first kappa shape index (κ1) is 11.5. The Labute approximate surface area is 86.4 Å². The molecule has 1 rings (SSSR count). The van der Waals surface area contributed by atoms with E-state index in [1.54, 1.807) is 0 Å². The Morgan fingerprint density at radius 2 is 1.79 bits per heavy atom. The number of amides is 1. The number of carbonyl (C=O) groups is 1. The second-order valence-electron chi connectivity index (χ2n) is 4.84. The maximum absolute atomic E-state index is 11.6. The maximum Gasteiger partial charge on any atom is 0.248 e. The average molecular weight is 199 g/mol. The number of ether oxygens (including phenoxy) is 1. The minimum absolute atomic E-state index is 0.139. The zero-order valence-electron chi connectivity index (χ0n) is 9.51. The maximum atomic E-state index is 11.6. The zero-order chi connectivity index (χ0) is 10.6. The van der Waals surface area contributed by atoms with Gasteiger partial charge in [0, 0.05) is 13.1 Å². The molecule has 3 heteroatoms. The number of likely N-dealkylation sites (tertiary alicyclic amines) is 1. The van der Waals surface area contributed by atoms with Crippen molar-refractivity contribution >= 4 is 5.91 Å². The smallest absolute Gasteiger partial charge is 0.248 e. The van der Waals surface area contributed by atoms with Gasteiger partial charge in [-0.1, -0.05) is 0 Å². The van der Waals surface area contributed by atoms with Crippen molar-refractivity contribution in [3.05, 3.63) is 0 Å². The van der Waals surface area contributed by atoms with Crippen LogP contribution in [-0.4, -0.2) is 36.1 Å². The van der Waals surface area contributed by atoms with Crippen LogP contribution in [0.15, 0.2) is 0 Å². The van der Waals surface area contributed by atoms with Crippen molar-refractivity contribution < 1.29 is 9.53 Å². The van der Waals surface area contributed by atoms with Gasteiger partial charge in [-0.3, -0.25) is 4.79 Å². The fourth-order valence-corrected chi connectivity index (χ4v) is 1.51. The molecule has 0 N–H and O–H groups in total. The second kappa shape index (κ2) is 4.78. The predicted molar refractivity (Wildman–Crippen MR) is 56.1 cm³/mol. The lowest BCUT2D eigenvalue weighted by molar-refractivity contribution is -0.141. The third kappa shape index (κ3) is 4.09. The number of hydrogen-bond acceptors (Lipinski definition) is 2. The minimum atomic E-state index is -0.217. The molecule has 0 aromatic rings. The normalized spacial score (nSPS) is 18.4. The molecule has 0 aromatic heterocycles. The van der Waals surface area contributed by atoms with Gasteiger partial charge < -0.3 is 9.64 Å². The Kier molecular flexibility index (Phi) is 3.93. The first-order valence-corrected chi connectivity index (χ1v) is 5.41. The molecule has 1 aliphatic rings. The van der Waals surface area contributed by atoms with Crippen LogP contribution in [0, 0.1) is 0 Å². The van der Waals surface area contributed by atoms with Gasteiger partial charge in [0.25, 0.3) is 0 Å². The molecule has 82 valence electrons. The van der Waals surface area contributed by atoms with Gasteiger partial charge >= 0.3 is 0 Å². The van der Waals surface area contributed by atoms with Crippen LogP contribution in [-0.2, 0) is 9.53 Å². The number of carbonyl (C=O) groups excluding carboxylic acids is 1. The van der Waals surface area contributed by atoms with E-state index in [0.717, 1.165) is 25.9 Å². The lowest BCUT2D eigenvalue weighted by Crippen LogP contribution is -2.39. The fraction of sp³-hybridized carbons (Fsp3) is 0.909. The van der Waals surface area contributed by atoms with Gasteiger partial charge in [0.1, 0.15) is 6.61 Å². The molecule has 0 bridgehead atoms. The molecule has 0 spiro atoms. The van der Waals surface area contributed by atoms with E-state index in [1.807, 2.05) is 25.7 Å². The number of piperidine rings is 1. The number of nitrogens with zero attached hydrogens (tertiary/aromatic N) is 1. The molecule has 3 nitrogen and oxygen atoms in total. The summed E-state index contributed by atoms with van der Waals surface area (Å²) in [5.41, 5.74) is -0.217. The summed E-state index contributed by atoms with van der Waals surface area (Å²) in [5.74, 6) is 0.139. The predicted octanol–water partition coefficient (Wildman–Crippen LogP) is 1.81. The number of hydrogen-bond donors (Lipinski definition) is 0. The summed E-state index contributed by atoms with van der Waals surface area (Å²) in [4.78, 5) is 13.6. The van der Waals surface area contributed by atoms with Crippen LogP contribution < -0.4 is 0 Å². The van der Waals surface area contributed by atoms with Crippen LogP contribution in [0.25, 0.3) is 0 Å². The first-order chi connectivity index (χ1) is 6.49. The van der Waals surface area contributed by atoms with Crippen molar-refractivity contribution in [2.24, 2.45) is 0 Å². The highest BCUT2D eigenvalue weighted by Crippen LogP contribution is 2.11. The minimum Gasteiger partial charge on any atom is -0.366 e. The summed E-state index contributed by atoms with van der Waals surface area (Å²) in [7, 11) is 0. The summed E-state index contributed by atoms with van der Waals surface area (Å²) in [6.45, 7) is 7.95. The van der Waals surface area contributed by atoms with Crippen LogP contribution >= 0.6 is 0 Å². The van der Waals surface area contributed by atoms with Crippen molar-refractivity contribution in [3.8, 4) is 0 Å². The molecular weight excluding hydrogens is 178 g/mol. The molecule has 1 heterocycles. The van der Waals surface area contributed by atoms with Crippen LogP contribution in [0.4, 0.5) is 0 Å².